The van der Waals surface area contributed by atoms with Gasteiger partial charge in [-0.25, -0.2) is 8.42 Å². The first kappa shape index (κ1) is 20.9. The second kappa shape index (κ2) is 7.18. The van der Waals surface area contributed by atoms with Gasteiger partial charge in [0.25, 0.3) is 0 Å². The van der Waals surface area contributed by atoms with Crippen molar-refractivity contribution in [3.63, 3.8) is 0 Å². The molecule has 9 heteroatoms. The van der Waals surface area contributed by atoms with Crippen LogP contribution < -0.4 is 0 Å². The molecule has 0 saturated carbocycles. The zero-order valence-corrected chi connectivity index (χ0v) is 16.7. The van der Waals surface area contributed by atoms with Gasteiger partial charge in [0.1, 0.15) is 6.10 Å². The summed E-state index contributed by atoms with van der Waals surface area (Å²) < 4.78 is 70.0. The van der Waals surface area contributed by atoms with E-state index in [0.29, 0.717) is 11.8 Å². The molecular formula is C19H23F3N2O3S. The Hall–Kier alpha value is -1.87. The van der Waals surface area contributed by atoms with E-state index < -0.39 is 32.4 Å². The van der Waals surface area contributed by atoms with Gasteiger partial charge in [-0.15, -0.1) is 0 Å². The fourth-order valence-electron chi connectivity index (χ4n) is 3.35. The molecular weight excluding hydrogens is 393 g/mol. The van der Waals surface area contributed by atoms with Crippen LogP contribution in [0.15, 0.2) is 35.2 Å². The summed E-state index contributed by atoms with van der Waals surface area (Å²) in [5.41, 5.74) is 0.538. The molecule has 1 N–H and O–H groups in total. The van der Waals surface area contributed by atoms with Crippen LogP contribution in [0.1, 0.15) is 62.6 Å². The van der Waals surface area contributed by atoms with Crippen LogP contribution in [0.3, 0.4) is 0 Å². The smallest absolute Gasteiger partial charge is 0.372 e. The highest BCUT2D eigenvalue weighted by atomic mass is 32.2. The standard InChI is InChI=1S/C19H23F3N2O3S/c1-12(2)15-10-16(24-23-15)17-11-18(3,7-8-27-17)28(25,26)14-6-4-5-13(9-14)19(20,21)22/h4-6,9-10,12,17H,7-8,11H2,1-3H3,(H,23,24). The van der Waals surface area contributed by atoms with Crippen LogP contribution in [-0.2, 0) is 20.8 Å². The van der Waals surface area contributed by atoms with Crippen molar-refractivity contribution in [3.05, 3.63) is 47.3 Å². The van der Waals surface area contributed by atoms with E-state index in [2.05, 4.69) is 10.2 Å². The Morgan fingerprint density at radius 1 is 1.29 bits per heavy atom. The van der Waals surface area contributed by atoms with E-state index >= 15 is 0 Å². The summed E-state index contributed by atoms with van der Waals surface area (Å²) in [6, 6.07) is 5.76. The normalized spacial score (nSPS) is 23.9. The van der Waals surface area contributed by atoms with Gasteiger partial charge >= 0.3 is 6.18 Å². The molecule has 0 aliphatic carbocycles. The lowest BCUT2D eigenvalue weighted by molar-refractivity contribution is -0.137. The number of rotatable bonds is 4. The molecule has 1 aromatic heterocycles. The first-order chi connectivity index (χ1) is 12.9. The molecule has 1 aliphatic heterocycles. The van der Waals surface area contributed by atoms with E-state index in [9.17, 15) is 21.6 Å². The minimum absolute atomic E-state index is 0.130. The molecule has 5 nitrogen and oxygen atoms in total. The van der Waals surface area contributed by atoms with E-state index in [1.165, 1.54) is 6.07 Å². The summed E-state index contributed by atoms with van der Waals surface area (Å²) >= 11 is 0. The average molecular weight is 416 g/mol. The predicted octanol–water partition coefficient (Wildman–Crippen LogP) is 4.64. The molecule has 0 bridgehead atoms. The second-order valence-corrected chi connectivity index (χ2v) is 10.2. The number of H-pyrrole nitrogens is 1. The van der Waals surface area contributed by atoms with E-state index in [0.717, 1.165) is 17.8 Å². The molecule has 2 unspecified atom stereocenters. The lowest BCUT2D eigenvalue weighted by Gasteiger charge is -2.37. The highest BCUT2D eigenvalue weighted by Gasteiger charge is 2.46. The van der Waals surface area contributed by atoms with Gasteiger partial charge < -0.3 is 4.74 Å². The van der Waals surface area contributed by atoms with E-state index in [1.807, 2.05) is 19.9 Å². The van der Waals surface area contributed by atoms with Crippen LogP contribution in [-0.4, -0.2) is 30.0 Å². The van der Waals surface area contributed by atoms with Gasteiger partial charge in [-0.3, -0.25) is 5.10 Å². The Morgan fingerprint density at radius 2 is 2.00 bits per heavy atom. The number of nitrogens with zero attached hydrogens (tertiary/aromatic N) is 1. The third kappa shape index (κ3) is 3.82. The summed E-state index contributed by atoms with van der Waals surface area (Å²) in [5.74, 6) is 0.203. The maximum atomic E-state index is 13.2. The van der Waals surface area contributed by atoms with Gasteiger partial charge in [-0.05, 0) is 49.9 Å². The molecule has 1 fully saturated rings. The summed E-state index contributed by atoms with van der Waals surface area (Å²) in [5, 5.41) is 7.11. The largest absolute Gasteiger partial charge is 0.416 e. The molecule has 1 saturated heterocycles. The first-order valence-electron chi connectivity index (χ1n) is 9.03. The minimum atomic E-state index is -4.60. The number of sulfone groups is 1. The molecule has 0 radical (unpaired) electrons. The fraction of sp³-hybridized carbons (Fsp3) is 0.526. The summed E-state index contributed by atoms with van der Waals surface area (Å²) in [6.07, 6.45) is -4.79. The number of halogens is 3. The van der Waals surface area contributed by atoms with E-state index in [1.54, 1.807) is 6.92 Å². The summed E-state index contributed by atoms with van der Waals surface area (Å²) in [4.78, 5) is -0.321. The monoisotopic (exact) mass is 416 g/mol. The Balaban J connectivity index is 1.92. The Labute approximate surface area is 162 Å². The topological polar surface area (TPSA) is 72.1 Å². The molecule has 2 heterocycles. The van der Waals surface area contributed by atoms with Crippen molar-refractivity contribution in [2.24, 2.45) is 0 Å². The molecule has 0 amide bonds. The predicted molar refractivity (Wildman–Crippen MR) is 97.6 cm³/mol. The molecule has 1 aliphatic rings. The number of aromatic nitrogens is 2. The molecule has 28 heavy (non-hydrogen) atoms. The van der Waals surface area contributed by atoms with Crippen molar-refractivity contribution in [3.8, 4) is 0 Å². The van der Waals surface area contributed by atoms with Gasteiger partial charge in [-0.1, -0.05) is 19.9 Å². The van der Waals surface area contributed by atoms with Crippen LogP contribution in [0.4, 0.5) is 13.2 Å². The van der Waals surface area contributed by atoms with Gasteiger partial charge in [0, 0.05) is 6.61 Å². The summed E-state index contributed by atoms with van der Waals surface area (Å²) in [7, 11) is -4.01. The quantitative estimate of drug-likeness (QED) is 0.788. The lowest BCUT2D eigenvalue weighted by Crippen LogP contribution is -2.42. The number of aromatic amines is 1. The number of alkyl halides is 3. The van der Waals surface area contributed by atoms with Crippen LogP contribution in [0.5, 0.6) is 0 Å². The Morgan fingerprint density at radius 3 is 2.61 bits per heavy atom. The van der Waals surface area contributed by atoms with Crippen LogP contribution in [0.25, 0.3) is 0 Å². The summed E-state index contributed by atoms with van der Waals surface area (Å²) in [6.45, 7) is 5.74. The first-order valence-corrected chi connectivity index (χ1v) is 10.5. The van der Waals surface area contributed by atoms with Crippen molar-refractivity contribution >= 4 is 9.84 Å². The van der Waals surface area contributed by atoms with Crippen molar-refractivity contribution in [2.75, 3.05) is 6.61 Å². The fourth-order valence-corrected chi connectivity index (χ4v) is 5.18. The van der Waals surface area contributed by atoms with Crippen LogP contribution >= 0.6 is 0 Å². The molecule has 2 atom stereocenters. The molecule has 154 valence electrons. The molecule has 0 spiro atoms. The second-order valence-electron chi connectivity index (χ2n) is 7.70. The maximum absolute atomic E-state index is 13.2. The highest BCUT2D eigenvalue weighted by Crippen LogP contribution is 2.42. The van der Waals surface area contributed by atoms with Crippen molar-refractivity contribution in [1.29, 1.82) is 0 Å². The van der Waals surface area contributed by atoms with Gasteiger partial charge in [0.15, 0.2) is 9.84 Å². The number of ether oxygens (including phenoxy) is 1. The third-order valence-electron chi connectivity index (χ3n) is 5.24. The van der Waals surface area contributed by atoms with Gasteiger partial charge in [-0.2, -0.15) is 18.3 Å². The van der Waals surface area contributed by atoms with Gasteiger partial charge in [0.05, 0.1) is 26.6 Å². The lowest BCUT2D eigenvalue weighted by atomic mass is 9.94. The Bertz CT molecular complexity index is 953. The zero-order valence-electron chi connectivity index (χ0n) is 15.9. The van der Waals surface area contributed by atoms with Gasteiger partial charge in [0.2, 0.25) is 0 Å². The van der Waals surface area contributed by atoms with Crippen LogP contribution in [0.2, 0.25) is 0 Å². The van der Waals surface area contributed by atoms with Crippen molar-refractivity contribution in [1.82, 2.24) is 10.2 Å². The zero-order chi connectivity index (χ0) is 20.7. The van der Waals surface area contributed by atoms with Crippen molar-refractivity contribution in [2.45, 2.75) is 61.5 Å². The number of hydrogen-bond donors (Lipinski definition) is 1. The van der Waals surface area contributed by atoms with Crippen molar-refractivity contribution < 1.29 is 26.3 Å². The molecule has 2 aromatic rings. The molecule has 1 aromatic carbocycles. The Kier molecular flexibility index (Phi) is 5.35. The number of benzene rings is 1. The highest BCUT2D eigenvalue weighted by molar-refractivity contribution is 7.92. The van der Waals surface area contributed by atoms with E-state index in [-0.39, 0.29) is 30.3 Å². The van der Waals surface area contributed by atoms with E-state index in [4.69, 9.17) is 4.74 Å². The number of hydrogen-bond acceptors (Lipinski definition) is 4. The minimum Gasteiger partial charge on any atom is -0.372 e. The average Bonchev–Trinajstić information content (AvgIpc) is 3.11. The molecule has 3 rings (SSSR count). The SMILES string of the molecule is CC(C)c1cc(C2CC(C)(S(=O)(=O)c3cccc(C(F)(F)F)c3)CCO2)[nH]n1. The maximum Gasteiger partial charge on any atom is 0.416 e. The third-order valence-corrected chi connectivity index (χ3v) is 7.79. The van der Waals surface area contributed by atoms with Crippen LogP contribution in [0, 0.1) is 0 Å². The number of nitrogens with one attached hydrogen (secondary N) is 1.